The van der Waals surface area contributed by atoms with Gasteiger partial charge in [0.1, 0.15) is 5.82 Å². The molecule has 2 aromatic rings. The lowest BCUT2D eigenvalue weighted by Gasteiger charge is -2.37. The van der Waals surface area contributed by atoms with Gasteiger partial charge in [-0.05, 0) is 55.2 Å². The number of piperidine rings is 2. The molecule has 172 valence electrons. The van der Waals surface area contributed by atoms with Gasteiger partial charge >= 0.3 is 5.97 Å². The standard InChI is InChI=1S/C24H26N4O5/c1-27(20-8-6-17(14-25-20)19-7-9-21(29)26-22(19)30)18-10-12-28(13-11-18)23(31)15-2-4-16(5-3-15)24(32)33/h2-6,8,14,18-19H,7,9-13H2,1H3,(H,32,33)(H,26,29,30). The average Bonchev–Trinajstić information content (AvgIpc) is 2.83. The third-order valence-corrected chi connectivity index (χ3v) is 6.45. The van der Waals surface area contributed by atoms with E-state index in [2.05, 4.69) is 15.2 Å². The number of imide groups is 1. The second-order valence-corrected chi connectivity index (χ2v) is 8.47. The number of pyridine rings is 1. The summed E-state index contributed by atoms with van der Waals surface area (Å²) < 4.78 is 0. The smallest absolute Gasteiger partial charge is 0.335 e. The normalized spacial score (nSPS) is 19.2. The number of carbonyl (C=O) groups excluding carboxylic acids is 3. The molecule has 9 heteroatoms. The summed E-state index contributed by atoms with van der Waals surface area (Å²) in [4.78, 5) is 55.6. The van der Waals surface area contributed by atoms with Crippen LogP contribution in [0.1, 0.15) is 57.9 Å². The van der Waals surface area contributed by atoms with E-state index in [9.17, 15) is 19.2 Å². The van der Waals surface area contributed by atoms with Gasteiger partial charge in [0.2, 0.25) is 11.8 Å². The zero-order valence-corrected chi connectivity index (χ0v) is 18.4. The number of hydrogen-bond acceptors (Lipinski definition) is 6. The minimum absolute atomic E-state index is 0.0974. The van der Waals surface area contributed by atoms with Gasteiger partial charge in [-0.3, -0.25) is 19.7 Å². The fourth-order valence-corrected chi connectivity index (χ4v) is 4.41. The van der Waals surface area contributed by atoms with Crippen molar-refractivity contribution in [2.45, 2.75) is 37.6 Å². The molecule has 2 aliphatic heterocycles. The Bertz CT molecular complexity index is 1060. The van der Waals surface area contributed by atoms with Crippen molar-refractivity contribution in [3.63, 3.8) is 0 Å². The van der Waals surface area contributed by atoms with Gasteiger partial charge in [0.15, 0.2) is 0 Å². The summed E-state index contributed by atoms with van der Waals surface area (Å²) >= 11 is 0. The van der Waals surface area contributed by atoms with Crippen molar-refractivity contribution in [2.75, 3.05) is 25.0 Å². The predicted molar refractivity (Wildman–Crippen MR) is 120 cm³/mol. The Kier molecular flexibility index (Phi) is 6.39. The third-order valence-electron chi connectivity index (χ3n) is 6.45. The Morgan fingerprint density at radius 1 is 1.03 bits per heavy atom. The van der Waals surface area contributed by atoms with Crippen molar-refractivity contribution in [1.82, 2.24) is 15.2 Å². The molecule has 0 radical (unpaired) electrons. The number of likely N-dealkylation sites (tertiary alicyclic amines) is 1. The second-order valence-electron chi connectivity index (χ2n) is 8.47. The lowest BCUT2D eigenvalue weighted by Crippen LogP contribution is -2.45. The Labute approximate surface area is 191 Å². The molecule has 3 heterocycles. The van der Waals surface area contributed by atoms with Crippen molar-refractivity contribution in [1.29, 1.82) is 0 Å². The topological polar surface area (TPSA) is 120 Å². The summed E-state index contributed by atoms with van der Waals surface area (Å²) in [6.45, 7) is 1.20. The van der Waals surface area contributed by atoms with Crippen LogP contribution < -0.4 is 10.2 Å². The van der Waals surface area contributed by atoms with Crippen molar-refractivity contribution < 1.29 is 24.3 Å². The van der Waals surface area contributed by atoms with Crippen LogP contribution in [0.15, 0.2) is 42.6 Å². The summed E-state index contributed by atoms with van der Waals surface area (Å²) in [5, 5.41) is 11.4. The van der Waals surface area contributed by atoms with Crippen molar-refractivity contribution >= 4 is 29.5 Å². The van der Waals surface area contributed by atoms with E-state index in [1.807, 2.05) is 19.2 Å². The molecule has 33 heavy (non-hydrogen) atoms. The lowest BCUT2D eigenvalue weighted by atomic mass is 9.91. The van der Waals surface area contributed by atoms with E-state index < -0.39 is 5.97 Å². The van der Waals surface area contributed by atoms with Gasteiger partial charge in [-0.2, -0.15) is 0 Å². The second kappa shape index (κ2) is 9.40. The molecule has 0 bridgehead atoms. The van der Waals surface area contributed by atoms with Crippen molar-refractivity contribution in [3.05, 3.63) is 59.3 Å². The summed E-state index contributed by atoms with van der Waals surface area (Å²) in [5.41, 5.74) is 1.44. The first kappa shape index (κ1) is 22.4. The van der Waals surface area contributed by atoms with Gasteiger partial charge < -0.3 is 14.9 Å². The number of carbonyl (C=O) groups is 4. The van der Waals surface area contributed by atoms with Crippen LogP contribution in [0.3, 0.4) is 0 Å². The van der Waals surface area contributed by atoms with E-state index in [-0.39, 0.29) is 35.2 Å². The average molecular weight is 450 g/mol. The number of anilines is 1. The van der Waals surface area contributed by atoms with E-state index in [0.717, 1.165) is 24.2 Å². The fraction of sp³-hybridized carbons (Fsp3) is 0.375. The highest BCUT2D eigenvalue weighted by atomic mass is 16.4. The Hall–Kier alpha value is -3.75. The number of aromatic carboxylic acids is 1. The van der Waals surface area contributed by atoms with Crippen molar-refractivity contribution in [2.24, 2.45) is 0 Å². The van der Waals surface area contributed by atoms with Crippen LogP contribution >= 0.6 is 0 Å². The number of hydrogen-bond donors (Lipinski definition) is 2. The van der Waals surface area contributed by atoms with Crippen LogP contribution in [0.5, 0.6) is 0 Å². The van der Waals surface area contributed by atoms with Gasteiger partial charge in [0.05, 0.1) is 11.5 Å². The first-order chi connectivity index (χ1) is 15.8. The van der Waals surface area contributed by atoms with E-state index in [0.29, 0.717) is 31.5 Å². The molecule has 9 nitrogen and oxygen atoms in total. The van der Waals surface area contributed by atoms with Crippen LogP contribution in [0.25, 0.3) is 0 Å². The maximum absolute atomic E-state index is 12.8. The van der Waals surface area contributed by atoms with Crippen LogP contribution in [-0.2, 0) is 9.59 Å². The highest BCUT2D eigenvalue weighted by Gasteiger charge is 2.29. The van der Waals surface area contributed by atoms with E-state index in [4.69, 9.17) is 5.11 Å². The summed E-state index contributed by atoms with van der Waals surface area (Å²) in [6, 6.07) is 9.99. The van der Waals surface area contributed by atoms with Gasteiger partial charge in [0.25, 0.3) is 5.91 Å². The number of benzene rings is 1. The quantitative estimate of drug-likeness (QED) is 0.669. The Balaban J connectivity index is 1.34. The molecule has 2 N–H and O–H groups in total. The number of carboxylic acids is 1. The van der Waals surface area contributed by atoms with Crippen LogP contribution in [0.4, 0.5) is 5.82 Å². The zero-order valence-electron chi connectivity index (χ0n) is 18.4. The lowest BCUT2D eigenvalue weighted by molar-refractivity contribution is -0.134. The van der Waals surface area contributed by atoms with Crippen LogP contribution in [0, 0.1) is 0 Å². The Morgan fingerprint density at radius 2 is 1.70 bits per heavy atom. The molecule has 0 spiro atoms. The van der Waals surface area contributed by atoms with Crippen LogP contribution in [0.2, 0.25) is 0 Å². The molecule has 1 unspecified atom stereocenters. The number of nitrogens with one attached hydrogen (secondary N) is 1. The van der Waals surface area contributed by atoms with E-state index in [1.54, 1.807) is 23.2 Å². The minimum Gasteiger partial charge on any atom is -0.478 e. The highest BCUT2D eigenvalue weighted by molar-refractivity contribution is 6.01. The molecule has 4 rings (SSSR count). The SMILES string of the molecule is CN(c1ccc(C2CCC(=O)NC2=O)cn1)C1CCN(C(=O)c2ccc(C(=O)O)cc2)CC1. The summed E-state index contributed by atoms with van der Waals surface area (Å²) in [6.07, 6.45) is 4.09. The van der Waals surface area contributed by atoms with Gasteiger partial charge in [-0.25, -0.2) is 9.78 Å². The van der Waals surface area contributed by atoms with Gasteiger partial charge in [0, 0.05) is 44.4 Å². The molecule has 2 fully saturated rings. The molecule has 2 saturated heterocycles. The first-order valence-corrected chi connectivity index (χ1v) is 11.0. The molecule has 1 aromatic carbocycles. The molecule has 2 aliphatic rings. The molecule has 1 atom stereocenters. The fourth-order valence-electron chi connectivity index (χ4n) is 4.41. The van der Waals surface area contributed by atoms with Gasteiger partial charge in [-0.15, -0.1) is 0 Å². The monoisotopic (exact) mass is 450 g/mol. The maximum Gasteiger partial charge on any atom is 0.335 e. The molecule has 0 saturated carbocycles. The molecule has 0 aliphatic carbocycles. The number of rotatable bonds is 5. The number of nitrogens with zero attached hydrogens (tertiary/aromatic N) is 3. The molecule has 3 amide bonds. The Morgan fingerprint density at radius 3 is 2.27 bits per heavy atom. The number of aromatic nitrogens is 1. The largest absolute Gasteiger partial charge is 0.478 e. The molecule has 1 aromatic heterocycles. The maximum atomic E-state index is 12.8. The molecular weight excluding hydrogens is 424 g/mol. The number of amides is 3. The first-order valence-electron chi connectivity index (χ1n) is 11.0. The van der Waals surface area contributed by atoms with Crippen LogP contribution in [-0.4, -0.2) is 64.9 Å². The summed E-state index contributed by atoms with van der Waals surface area (Å²) in [7, 11) is 1.97. The van der Waals surface area contributed by atoms with Crippen molar-refractivity contribution in [3.8, 4) is 0 Å². The molecular formula is C24H26N4O5. The highest BCUT2D eigenvalue weighted by Crippen LogP contribution is 2.27. The predicted octanol–water partition coefficient (Wildman–Crippen LogP) is 2.04. The minimum atomic E-state index is -1.02. The van der Waals surface area contributed by atoms with E-state index >= 15 is 0 Å². The van der Waals surface area contributed by atoms with Gasteiger partial charge in [-0.1, -0.05) is 6.07 Å². The zero-order chi connectivity index (χ0) is 23.5. The third kappa shape index (κ3) is 4.87. The number of carboxylic acid groups (broad SMARTS) is 1. The summed E-state index contributed by atoms with van der Waals surface area (Å²) in [5.74, 6) is -1.18. The van der Waals surface area contributed by atoms with E-state index in [1.165, 1.54) is 12.1 Å².